The zero-order valence-electron chi connectivity index (χ0n) is 15.5. The highest BCUT2D eigenvalue weighted by Crippen LogP contribution is 2.32. The van der Waals surface area contributed by atoms with Gasteiger partial charge in [-0.15, -0.1) is 0 Å². The van der Waals surface area contributed by atoms with Crippen LogP contribution in [0.3, 0.4) is 0 Å². The summed E-state index contributed by atoms with van der Waals surface area (Å²) < 4.78 is 14.8. The number of amides is 1. The van der Waals surface area contributed by atoms with Gasteiger partial charge in [0, 0.05) is 17.3 Å². The van der Waals surface area contributed by atoms with Crippen molar-refractivity contribution in [3.05, 3.63) is 89.5 Å². The van der Waals surface area contributed by atoms with Crippen molar-refractivity contribution in [3.63, 3.8) is 0 Å². The maximum absolute atomic E-state index is 14.1. The zero-order valence-corrected chi connectivity index (χ0v) is 16.3. The molecule has 5 nitrogen and oxygen atoms in total. The Hall–Kier alpha value is -3.45. The predicted molar refractivity (Wildman–Crippen MR) is 111 cm³/mol. The van der Waals surface area contributed by atoms with Crippen molar-refractivity contribution in [2.45, 2.75) is 13.5 Å². The number of nitrogens with zero attached hydrogens (tertiary/aromatic N) is 3. The lowest BCUT2D eigenvalue weighted by Gasteiger charge is -2.19. The van der Waals surface area contributed by atoms with Gasteiger partial charge in [0.1, 0.15) is 11.3 Å². The van der Waals surface area contributed by atoms with Crippen LogP contribution in [0.4, 0.5) is 9.52 Å². The number of carbonyl (C=O) groups excluding carboxylic acids is 2. The van der Waals surface area contributed by atoms with Gasteiger partial charge in [-0.05, 0) is 43.3 Å². The molecule has 4 aromatic rings. The molecule has 0 spiro atoms. The molecule has 0 unspecified atom stereocenters. The second-order valence-corrected chi connectivity index (χ2v) is 7.44. The number of thiazole rings is 1. The number of rotatable bonds is 5. The number of Topliss-reactive ketones (excluding diaryl/α,β-unsaturated/α-hetero) is 1. The molecule has 2 aromatic carbocycles. The number of hydrogen-bond acceptors (Lipinski definition) is 5. The van der Waals surface area contributed by atoms with Crippen molar-refractivity contribution < 1.29 is 14.0 Å². The summed E-state index contributed by atoms with van der Waals surface area (Å²) in [5.74, 6) is -0.803. The first kappa shape index (κ1) is 18.9. The Kier molecular flexibility index (Phi) is 5.14. The summed E-state index contributed by atoms with van der Waals surface area (Å²) in [6.45, 7) is 1.66. The van der Waals surface area contributed by atoms with Crippen LogP contribution in [0.5, 0.6) is 0 Å². The minimum atomic E-state index is -0.430. The highest BCUT2D eigenvalue weighted by molar-refractivity contribution is 7.22. The minimum Gasteiger partial charge on any atom is -0.295 e. The molecule has 0 N–H and O–H groups in total. The number of pyridine rings is 1. The third-order valence-corrected chi connectivity index (χ3v) is 5.46. The molecular formula is C22H16FN3O2S. The van der Waals surface area contributed by atoms with Gasteiger partial charge in [-0.3, -0.25) is 19.5 Å². The highest BCUT2D eigenvalue weighted by atomic mass is 32.1. The predicted octanol–water partition coefficient (Wildman–Crippen LogP) is 4.88. The fourth-order valence-electron chi connectivity index (χ4n) is 2.90. The molecular weight excluding hydrogens is 389 g/mol. The van der Waals surface area contributed by atoms with Crippen molar-refractivity contribution in [1.29, 1.82) is 0 Å². The lowest BCUT2D eigenvalue weighted by atomic mass is 10.1. The Balaban J connectivity index is 1.75. The number of fused-ring (bicyclic) bond motifs is 1. The summed E-state index contributed by atoms with van der Waals surface area (Å²) in [6.07, 6.45) is 1.65. The Morgan fingerprint density at radius 3 is 2.41 bits per heavy atom. The monoisotopic (exact) mass is 405 g/mol. The number of hydrogen-bond donors (Lipinski definition) is 0. The van der Waals surface area contributed by atoms with Crippen molar-refractivity contribution in [2.75, 3.05) is 4.90 Å². The normalized spacial score (nSPS) is 10.8. The first-order valence-electron chi connectivity index (χ1n) is 8.91. The molecule has 0 bridgehead atoms. The summed E-state index contributed by atoms with van der Waals surface area (Å²) in [6, 6.07) is 16.6. The topological polar surface area (TPSA) is 63.2 Å². The number of anilines is 1. The molecule has 0 radical (unpaired) electrons. The van der Waals surface area contributed by atoms with Gasteiger partial charge in [0.05, 0.1) is 16.9 Å². The lowest BCUT2D eigenvalue weighted by molar-refractivity contribution is 0.0980. The fraction of sp³-hybridized carbons (Fsp3) is 0.0909. The zero-order chi connectivity index (χ0) is 20.4. The molecule has 0 atom stereocenters. The molecule has 0 saturated carbocycles. The van der Waals surface area contributed by atoms with Crippen molar-refractivity contribution in [2.24, 2.45) is 0 Å². The van der Waals surface area contributed by atoms with Crippen LogP contribution >= 0.6 is 11.3 Å². The number of ketones is 1. The largest absolute Gasteiger partial charge is 0.295 e. The summed E-state index contributed by atoms with van der Waals surface area (Å²) >= 11 is 1.24. The second kappa shape index (κ2) is 7.89. The molecule has 1 amide bonds. The maximum Gasteiger partial charge on any atom is 0.260 e. The molecule has 0 saturated heterocycles. The summed E-state index contributed by atoms with van der Waals surface area (Å²) in [4.78, 5) is 34.9. The average molecular weight is 405 g/mol. The van der Waals surface area contributed by atoms with E-state index in [1.165, 1.54) is 29.2 Å². The van der Waals surface area contributed by atoms with Gasteiger partial charge >= 0.3 is 0 Å². The SMILES string of the molecule is CC(=O)c1ccc(C(=O)N(Cc2ccccn2)c2nc3c(F)cccc3s2)cc1. The standard InChI is InChI=1S/C22H16FN3O2S/c1-14(27)15-8-10-16(11-9-15)21(28)26(13-17-5-2-3-12-24-17)22-25-20-18(23)6-4-7-19(20)29-22/h2-12H,13H2,1H3. The van der Waals surface area contributed by atoms with Crippen LogP contribution in [-0.2, 0) is 6.54 Å². The third-order valence-electron chi connectivity index (χ3n) is 4.42. The maximum atomic E-state index is 14.1. The van der Waals surface area contributed by atoms with E-state index in [9.17, 15) is 14.0 Å². The minimum absolute atomic E-state index is 0.0732. The van der Waals surface area contributed by atoms with Crippen molar-refractivity contribution in [3.8, 4) is 0 Å². The van der Waals surface area contributed by atoms with Crippen molar-refractivity contribution >= 4 is 38.4 Å². The summed E-state index contributed by atoms with van der Waals surface area (Å²) in [7, 11) is 0. The van der Waals surface area contributed by atoms with E-state index in [-0.39, 0.29) is 23.8 Å². The fourth-order valence-corrected chi connectivity index (χ4v) is 3.88. The van der Waals surface area contributed by atoms with Crippen molar-refractivity contribution in [1.82, 2.24) is 9.97 Å². The number of benzene rings is 2. The van der Waals surface area contributed by atoms with Gasteiger partial charge in [-0.2, -0.15) is 0 Å². The Morgan fingerprint density at radius 1 is 1.00 bits per heavy atom. The van der Waals surface area contributed by atoms with Gasteiger partial charge in [0.2, 0.25) is 0 Å². The molecule has 4 rings (SSSR count). The van der Waals surface area contributed by atoms with Gasteiger partial charge < -0.3 is 0 Å². The molecule has 0 aliphatic rings. The van der Waals surface area contributed by atoms with E-state index in [0.29, 0.717) is 26.7 Å². The van der Waals surface area contributed by atoms with Gasteiger partial charge in [-0.25, -0.2) is 9.37 Å². The summed E-state index contributed by atoms with van der Waals surface area (Å²) in [5.41, 5.74) is 1.85. The molecule has 2 heterocycles. The molecule has 0 aliphatic carbocycles. The van der Waals surface area contributed by atoms with Crippen LogP contribution in [0.25, 0.3) is 10.2 Å². The van der Waals surface area contributed by atoms with Crippen LogP contribution < -0.4 is 4.90 Å². The second-order valence-electron chi connectivity index (χ2n) is 6.43. The van der Waals surface area contributed by atoms with E-state index in [1.54, 1.807) is 48.7 Å². The molecule has 0 fully saturated rings. The number of aromatic nitrogens is 2. The molecule has 29 heavy (non-hydrogen) atoms. The quantitative estimate of drug-likeness (QED) is 0.444. The third kappa shape index (κ3) is 3.90. The Morgan fingerprint density at radius 2 is 1.76 bits per heavy atom. The van der Waals surface area contributed by atoms with Gasteiger partial charge in [-0.1, -0.05) is 35.6 Å². The highest BCUT2D eigenvalue weighted by Gasteiger charge is 2.23. The summed E-state index contributed by atoms with van der Waals surface area (Å²) in [5, 5.41) is 0.386. The van der Waals surface area contributed by atoms with Crippen LogP contribution in [0.2, 0.25) is 0 Å². The van der Waals surface area contributed by atoms with E-state index >= 15 is 0 Å². The first-order valence-corrected chi connectivity index (χ1v) is 9.72. The molecule has 144 valence electrons. The lowest BCUT2D eigenvalue weighted by Crippen LogP contribution is -2.30. The van der Waals surface area contributed by atoms with E-state index in [2.05, 4.69) is 9.97 Å². The van der Waals surface area contributed by atoms with Gasteiger partial charge in [0.15, 0.2) is 10.9 Å². The first-order chi connectivity index (χ1) is 14.0. The number of carbonyl (C=O) groups is 2. The molecule has 2 aromatic heterocycles. The smallest absolute Gasteiger partial charge is 0.260 e. The molecule has 0 aliphatic heterocycles. The average Bonchev–Trinajstić information content (AvgIpc) is 3.18. The van der Waals surface area contributed by atoms with Crippen LogP contribution in [-0.4, -0.2) is 21.7 Å². The molecule has 7 heteroatoms. The number of para-hydroxylation sites is 1. The Labute approximate surface area is 170 Å². The number of halogens is 1. The van der Waals surface area contributed by atoms with Crippen LogP contribution in [0.15, 0.2) is 66.9 Å². The van der Waals surface area contributed by atoms with E-state index in [4.69, 9.17) is 0 Å². The van der Waals surface area contributed by atoms with Gasteiger partial charge in [0.25, 0.3) is 5.91 Å². The van der Waals surface area contributed by atoms with Crippen LogP contribution in [0, 0.1) is 5.82 Å². The Bertz CT molecular complexity index is 1190. The van der Waals surface area contributed by atoms with Crippen LogP contribution in [0.1, 0.15) is 33.3 Å². The van der Waals surface area contributed by atoms with E-state index < -0.39 is 5.82 Å². The van der Waals surface area contributed by atoms with E-state index in [1.807, 2.05) is 12.1 Å². The van der Waals surface area contributed by atoms with E-state index in [0.717, 1.165) is 0 Å².